The van der Waals surface area contributed by atoms with Crippen molar-refractivity contribution in [2.24, 2.45) is 0 Å². The molecule has 1 heterocycles. The van der Waals surface area contributed by atoms with Crippen LogP contribution < -0.4 is 0 Å². The summed E-state index contributed by atoms with van der Waals surface area (Å²) in [6.45, 7) is 6.91. The van der Waals surface area contributed by atoms with Crippen LogP contribution in [0.1, 0.15) is 12.5 Å². The van der Waals surface area contributed by atoms with Gasteiger partial charge in [0.15, 0.2) is 11.0 Å². The maximum absolute atomic E-state index is 12.8. The van der Waals surface area contributed by atoms with E-state index in [1.807, 2.05) is 85.3 Å². The molecule has 0 radical (unpaired) electrons. The molecule has 5 nitrogen and oxygen atoms in total. The Balaban J connectivity index is 1.74. The van der Waals surface area contributed by atoms with Gasteiger partial charge in [-0.3, -0.25) is 9.36 Å². The van der Waals surface area contributed by atoms with Gasteiger partial charge in [-0.1, -0.05) is 78.5 Å². The lowest BCUT2D eigenvalue weighted by Gasteiger charge is -2.21. The molecule has 0 saturated carbocycles. The molecule has 2 aromatic carbocycles. The van der Waals surface area contributed by atoms with Crippen molar-refractivity contribution in [2.45, 2.75) is 30.4 Å². The van der Waals surface area contributed by atoms with Crippen molar-refractivity contribution in [3.63, 3.8) is 0 Å². The molecule has 0 aliphatic rings. The number of carbonyl (C=O) groups is 1. The van der Waals surface area contributed by atoms with Crippen molar-refractivity contribution in [2.75, 3.05) is 7.05 Å². The van der Waals surface area contributed by atoms with Crippen LogP contribution in [0.3, 0.4) is 0 Å². The molecule has 0 aliphatic heterocycles. The average molecular weight is 393 g/mol. The first-order chi connectivity index (χ1) is 13.6. The number of aromatic nitrogens is 3. The highest BCUT2D eigenvalue weighted by Crippen LogP contribution is 2.27. The maximum atomic E-state index is 12.8. The van der Waals surface area contributed by atoms with Crippen molar-refractivity contribution < 1.29 is 4.79 Å². The van der Waals surface area contributed by atoms with E-state index in [1.165, 1.54) is 11.8 Å². The summed E-state index contributed by atoms with van der Waals surface area (Å²) >= 11 is 1.42. The molecule has 0 unspecified atom stereocenters. The van der Waals surface area contributed by atoms with E-state index >= 15 is 0 Å². The smallest absolute Gasteiger partial charge is 0.235 e. The largest absolute Gasteiger partial charge is 0.340 e. The van der Waals surface area contributed by atoms with Gasteiger partial charge in [0.25, 0.3) is 0 Å². The van der Waals surface area contributed by atoms with E-state index < -0.39 is 0 Å². The Kier molecular flexibility index (Phi) is 6.66. The van der Waals surface area contributed by atoms with Gasteiger partial charge < -0.3 is 4.90 Å². The Morgan fingerprint density at radius 2 is 1.79 bits per heavy atom. The third kappa shape index (κ3) is 4.70. The molecule has 1 atom stereocenters. The van der Waals surface area contributed by atoms with Crippen LogP contribution >= 0.6 is 11.8 Å². The molecule has 0 N–H and O–H groups in total. The van der Waals surface area contributed by atoms with Gasteiger partial charge >= 0.3 is 0 Å². The predicted octanol–water partition coefficient (Wildman–Crippen LogP) is 4.27. The first-order valence-corrected chi connectivity index (χ1v) is 10.0. The summed E-state index contributed by atoms with van der Waals surface area (Å²) in [7, 11) is 1.83. The second-order valence-electron chi connectivity index (χ2n) is 6.51. The molecular weight excluding hydrogens is 368 g/mol. The van der Waals surface area contributed by atoms with Crippen molar-refractivity contribution in [1.82, 2.24) is 19.7 Å². The summed E-state index contributed by atoms with van der Waals surface area (Å²) in [6.07, 6.45) is 1.81. The minimum absolute atomic E-state index is 0.0586. The molecule has 0 aliphatic carbocycles. The molecule has 1 aromatic heterocycles. The number of amides is 1. The number of benzene rings is 2. The van der Waals surface area contributed by atoms with Gasteiger partial charge in [0.2, 0.25) is 5.91 Å². The van der Waals surface area contributed by atoms with Gasteiger partial charge in [-0.25, -0.2) is 0 Å². The van der Waals surface area contributed by atoms with Crippen LogP contribution in [0.5, 0.6) is 0 Å². The topological polar surface area (TPSA) is 51.0 Å². The van der Waals surface area contributed by atoms with Gasteiger partial charge in [-0.15, -0.1) is 16.8 Å². The summed E-state index contributed by atoms with van der Waals surface area (Å²) in [5, 5.41) is 9.13. The number of rotatable bonds is 8. The third-order valence-electron chi connectivity index (χ3n) is 4.33. The quantitative estimate of drug-likeness (QED) is 0.424. The summed E-state index contributed by atoms with van der Waals surface area (Å²) in [5.41, 5.74) is 2.10. The van der Waals surface area contributed by atoms with Crippen molar-refractivity contribution in [3.05, 3.63) is 78.9 Å². The van der Waals surface area contributed by atoms with Crippen LogP contribution in [0.25, 0.3) is 11.4 Å². The first kappa shape index (κ1) is 19.9. The van der Waals surface area contributed by atoms with Crippen LogP contribution in [0, 0.1) is 0 Å². The number of carbonyl (C=O) groups excluding carboxylic acids is 1. The monoisotopic (exact) mass is 392 g/mol. The molecule has 3 rings (SSSR count). The van der Waals surface area contributed by atoms with Crippen LogP contribution in [-0.2, 0) is 17.9 Å². The van der Waals surface area contributed by atoms with Crippen LogP contribution in [-0.4, -0.2) is 37.9 Å². The fourth-order valence-corrected chi connectivity index (χ4v) is 3.90. The van der Waals surface area contributed by atoms with E-state index in [1.54, 1.807) is 4.90 Å². The molecule has 28 heavy (non-hydrogen) atoms. The second kappa shape index (κ2) is 9.37. The molecule has 3 aromatic rings. The summed E-state index contributed by atoms with van der Waals surface area (Å²) in [6, 6.07) is 19.9. The zero-order valence-corrected chi connectivity index (χ0v) is 17.0. The van der Waals surface area contributed by atoms with E-state index in [0.29, 0.717) is 18.2 Å². The van der Waals surface area contributed by atoms with Crippen LogP contribution in [0.2, 0.25) is 0 Å². The lowest BCUT2D eigenvalue weighted by molar-refractivity contribution is -0.129. The lowest BCUT2D eigenvalue weighted by Crippen LogP contribution is -2.33. The van der Waals surface area contributed by atoms with Crippen LogP contribution in [0.4, 0.5) is 0 Å². The SMILES string of the molecule is C=CCn1c(S[C@@H](C)C(=O)N(C)Cc2ccccc2)nnc1-c1ccccc1. The normalized spacial score (nSPS) is 11.8. The molecule has 6 heteroatoms. The second-order valence-corrected chi connectivity index (χ2v) is 7.82. The Morgan fingerprint density at radius 3 is 2.43 bits per heavy atom. The third-order valence-corrected chi connectivity index (χ3v) is 5.40. The molecule has 0 bridgehead atoms. The highest BCUT2D eigenvalue weighted by Gasteiger charge is 2.23. The minimum Gasteiger partial charge on any atom is -0.340 e. The highest BCUT2D eigenvalue weighted by molar-refractivity contribution is 8.00. The first-order valence-electron chi connectivity index (χ1n) is 9.15. The van der Waals surface area contributed by atoms with E-state index in [0.717, 1.165) is 17.0 Å². The Morgan fingerprint density at radius 1 is 1.14 bits per heavy atom. The molecular formula is C22H24N4OS. The van der Waals surface area contributed by atoms with E-state index in [-0.39, 0.29) is 11.2 Å². The number of allylic oxidation sites excluding steroid dienone is 1. The molecule has 1 amide bonds. The Hall–Kier alpha value is -2.86. The number of thioether (sulfide) groups is 1. The minimum atomic E-state index is -0.273. The van der Waals surface area contributed by atoms with Crippen molar-refractivity contribution >= 4 is 17.7 Å². The summed E-state index contributed by atoms with van der Waals surface area (Å²) in [4.78, 5) is 14.6. The Bertz CT molecular complexity index is 924. The van der Waals surface area contributed by atoms with Gasteiger partial charge in [-0.05, 0) is 12.5 Å². The summed E-state index contributed by atoms with van der Waals surface area (Å²) < 4.78 is 1.99. The average Bonchev–Trinajstić information content (AvgIpc) is 3.11. The van der Waals surface area contributed by atoms with Crippen molar-refractivity contribution in [3.8, 4) is 11.4 Å². The number of nitrogens with zero attached hydrogens (tertiary/aromatic N) is 4. The van der Waals surface area contributed by atoms with Gasteiger partial charge in [-0.2, -0.15) is 0 Å². The van der Waals surface area contributed by atoms with Crippen LogP contribution in [0.15, 0.2) is 78.5 Å². The zero-order chi connectivity index (χ0) is 19.9. The fraction of sp³-hybridized carbons (Fsp3) is 0.227. The number of hydrogen-bond donors (Lipinski definition) is 0. The standard InChI is InChI=1S/C22H24N4OS/c1-4-15-26-20(19-13-9-6-10-14-19)23-24-22(26)28-17(2)21(27)25(3)16-18-11-7-5-8-12-18/h4-14,17H,1,15-16H2,2-3H3/t17-/m0/s1. The van der Waals surface area contributed by atoms with Crippen molar-refractivity contribution in [1.29, 1.82) is 0 Å². The van der Waals surface area contributed by atoms with E-state index in [4.69, 9.17) is 0 Å². The molecule has 0 saturated heterocycles. The Labute approximate surface area is 170 Å². The van der Waals surface area contributed by atoms with E-state index in [2.05, 4.69) is 16.8 Å². The van der Waals surface area contributed by atoms with E-state index in [9.17, 15) is 4.79 Å². The lowest BCUT2D eigenvalue weighted by atomic mass is 10.2. The van der Waals surface area contributed by atoms with Gasteiger partial charge in [0.1, 0.15) is 0 Å². The highest BCUT2D eigenvalue weighted by atomic mass is 32.2. The summed E-state index contributed by atoms with van der Waals surface area (Å²) in [5.74, 6) is 0.837. The fourth-order valence-electron chi connectivity index (χ4n) is 2.92. The van der Waals surface area contributed by atoms with Gasteiger partial charge in [0.05, 0.1) is 5.25 Å². The molecule has 144 valence electrons. The maximum Gasteiger partial charge on any atom is 0.235 e. The predicted molar refractivity (Wildman–Crippen MR) is 114 cm³/mol. The van der Waals surface area contributed by atoms with Gasteiger partial charge in [0, 0.05) is 25.7 Å². The molecule has 0 spiro atoms. The number of hydrogen-bond acceptors (Lipinski definition) is 4. The molecule has 0 fully saturated rings. The zero-order valence-electron chi connectivity index (χ0n) is 16.2.